The van der Waals surface area contributed by atoms with Gasteiger partial charge in [-0.25, -0.2) is 4.98 Å². The Bertz CT molecular complexity index is 1430. The summed E-state index contributed by atoms with van der Waals surface area (Å²) in [5.41, 5.74) is 1.48. The van der Waals surface area contributed by atoms with Crippen LogP contribution in [0.3, 0.4) is 0 Å². The van der Waals surface area contributed by atoms with E-state index in [1.54, 1.807) is 48.5 Å². The van der Waals surface area contributed by atoms with Gasteiger partial charge in [-0.1, -0.05) is 43.2 Å². The van der Waals surface area contributed by atoms with Gasteiger partial charge in [0.2, 0.25) is 11.7 Å². The van der Waals surface area contributed by atoms with Gasteiger partial charge in [0.05, 0.1) is 17.6 Å². The summed E-state index contributed by atoms with van der Waals surface area (Å²) in [7, 11) is 0. The Morgan fingerprint density at radius 2 is 1.58 bits per heavy atom. The van der Waals surface area contributed by atoms with Crippen LogP contribution in [-0.4, -0.2) is 27.8 Å². The minimum absolute atomic E-state index is 0.115. The number of oxazole rings is 1. The molecule has 10 heteroatoms. The number of amides is 2. The molecule has 1 aliphatic carbocycles. The molecule has 1 fully saturated rings. The molecule has 0 atom stereocenters. The largest absolute Gasteiger partial charge is 0.452 e. The van der Waals surface area contributed by atoms with E-state index in [4.69, 9.17) is 4.42 Å². The number of aromatic nitrogens is 2. The zero-order chi connectivity index (χ0) is 26.7. The average Bonchev–Trinajstić information content (AvgIpc) is 3.60. The van der Waals surface area contributed by atoms with Gasteiger partial charge in [-0.3, -0.25) is 14.6 Å². The van der Waals surface area contributed by atoms with Crippen molar-refractivity contribution in [1.82, 2.24) is 15.3 Å². The van der Waals surface area contributed by atoms with Gasteiger partial charge in [0.1, 0.15) is 0 Å². The number of carbonyl (C=O) groups is 2. The maximum absolute atomic E-state index is 13.5. The number of anilines is 1. The molecule has 2 aromatic heterocycles. The van der Waals surface area contributed by atoms with Crippen LogP contribution in [0.15, 0.2) is 77.3 Å². The van der Waals surface area contributed by atoms with Crippen molar-refractivity contribution in [3.8, 4) is 22.7 Å². The smallest absolute Gasteiger partial charge is 0.431 e. The number of hydrogen-bond donors (Lipinski definition) is 2. The highest BCUT2D eigenvalue weighted by Crippen LogP contribution is 2.35. The molecule has 38 heavy (non-hydrogen) atoms. The summed E-state index contributed by atoms with van der Waals surface area (Å²) < 4.78 is 45.6. The topological polar surface area (TPSA) is 97.1 Å². The monoisotopic (exact) mass is 520 g/mol. The maximum Gasteiger partial charge on any atom is 0.452 e. The second kappa shape index (κ2) is 10.5. The second-order valence-corrected chi connectivity index (χ2v) is 8.98. The lowest BCUT2D eigenvalue weighted by atomic mass is 10.1. The van der Waals surface area contributed by atoms with Gasteiger partial charge in [0, 0.05) is 22.7 Å². The number of nitrogens with one attached hydrogen (secondary N) is 2. The number of nitrogens with zero attached hydrogens (tertiary/aromatic N) is 2. The fourth-order valence-corrected chi connectivity index (χ4v) is 4.33. The van der Waals surface area contributed by atoms with Crippen LogP contribution in [0.1, 0.15) is 52.3 Å². The van der Waals surface area contributed by atoms with Gasteiger partial charge in [-0.05, 0) is 49.2 Å². The third-order valence-electron chi connectivity index (χ3n) is 6.28. The Labute approximate surface area is 216 Å². The fraction of sp³-hybridized carbons (Fsp3) is 0.214. The summed E-state index contributed by atoms with van der Waals surface area (Å²) >= 11 is 0. The van der Waals surface area contributed by atoms with Crippen molar-refractivity contribution in [1.29, 1.82) is 0 Å². The molecule has 2 aromatic carbocycles. The molecule has 1 aliphatic rings. The van der Waals surface area contributed by atoms with Crippen molar-refractivity contribution in [3.05, 3.63) is 89.9 Å². The Kier molecular flexibility index (Phi) is 6.95. The predicted molar refractivity (Wildman–Crippen MR) is 134 cm³/mol. The van der Waals surface area contributed by atoms with E-state index >= 15 is 0 Å². The number of hydrogen-bond acceptors (Lipinski definition) is 5. The van der Waals surface area contributed by atoms with E-state index in [-0.39, 0.29) is 23.5 Å². The van der Waals surface area contributed by atoms with Crippen LogP contribution >= 0.6 is 0 Å². The van der Waals surface area contributed by atoms with Crippen LogP contribution in [0.4, 0.5) is 18.9 Å². The number of rotatable bonds is 6. The zero-order valence-electron chi connectivity index (χ0n) is 20.1. The van der Waals surface area contributed by atoms with Crippen LogP contribution < -0.4 is 10.6 Å². The average molecular weight is 521 g/mol. The van der Waals surface area contributed by atoms with E-state index in [1.807, 2.05) is 0 Å². The lowest BCUT2D eigenvalue weighted by Crippen LogP contribution is -2.32. The first-order chi connectivity index (χ1) is 18.3. The van der Waals surface area contributed by atoms with Crippen molar-refractivity contribution < 1.29 is 27.2 Å². The van der Waals surface area contributed by atoms with Crippen molar-refractivity contribution in [2.45, 2.75) is 37.9 Å². The summed E-state index contributed by atoms with van der Waals surface area (Å²) in [6.07, 6.45) is 0.679. The Hall–Kier alpha value is -4.47. The van der Waals surface area contributed by atoms with Gasteiger partial charge in [0.25, 0.3) is 11.8 Å². The molecule has 0 radical (unpaired) electrons. The second-order valence-electron chi connectivity index (χ2n) is 8.98. The Balaban J connectivity index is 1.28. The van der Waals surface area contributed by atoms with E-state index in [0.29, 0.717) is 16.8 Å². The summed E-state index contributed by atoms with van der Waals surface area (Å²) in [5, 5.41) is 5.44. The molecule has 0 spiro atoms. The standard InChI is InChI=1S/C28H23F3N4O3/c29-28(30,31)24-23(35-27(38-24)19-6-2-1-3-7-19)26(37)34-21-14-15-22(32-16-21)17-10-12-18(13-11-17)25(36)33-20-8-4-5-9-20/h1-3,6-7,10-16,20H,4-5,8-9H2,(H,33,36)(H,34,37). The molecule has 0 unspecified atom stereocenters. The first-order valence-electron chi connectivity index (χ1n) is 12.1. The molecule has 0 aliphatic heterocycles. The van der Waals surface area contributed by atoms with Gasteiger partial charge in [-0.15, -0.1) is 0 Å². The summed E-state index contributed by atoms with van der Waals surface area (Å²) in [5.74, 6) is -2.97. The third kappa shape index (κ3) is 5.59. The summed E-state index contributed by atoms with van der Waals surface area (Å²) in [4.78, 5) is 33.2. The van der Waals surface area contributed by atoms with Crippen LogP contribution in [0.5, 0.6) is 0 Å². The van der Waals surface area contributed by atoms with Crippen LogP contribution in [0.2, 0.25) is 0 Å². The molecule has 0 saturated heterocycles. The quantitative estimate of drug-likeness (QED) is 0.309. The minimum Gasteiger partial charge on any atom is -0.431 e. The molecule has 2 amide bonds. The van der Waals surface area contributed by atoms with E-state index in [1.165, 1.54) is 24.4 Å². The normalized spacial score (nSPS) is 13.9. The summed E-state index contributed by atoms with van der Waals surface area (Å²) in [6.45, 7) is 0. The highest BCUT2D eigenvalue weighted by molar-refractivity contribution is 6.04. The SMILES string of the molecule is O=C(NC1CCCC1)c1ccc(-c2ccc(NC(=O)c3nc(-c4ccccc4)oc3C(F)(F)F)cn2)cc1. The number of alkyl halides is 3. The first kappa shape index (κ1) is 25.2. The third-order valence-corrected chi connectivity index (χ3v) is 6.28. The van der Waals surface area contributed by atoms with E-state index < -0.39 is 23.5 Å². The van der Waals surface area contributed by atoms with Gasteiger partial charge in [-0.2, -0.15) is 13.2 Å². The van der Waals surface area contributed by atoms with E-state index in [0.717, 1.165) is 31.2 Å². The van der Waals surface area contributed by atoms with Crippen LogP contribution in [0, 0.1) is 0 Å². The molecule has 194 valence electrons. The fourth-order valence-electron chi connectivity index (χ4n) is 4.33. The maximum atomic E-state index is 13.5. The summed E-state index contributed by atoms with van der Waals surface area (Å²) in [6, 6.07) is 18.3. The lowest BCUT2D eigenvalue weighted by molar-refractivity contribution is -0.153. The molecule has 2 heterocycles. The molecule has 7 nitrogen and oxygen atoms in total. The minimum atomic E-state index is -4.91. The van der Waals surface area contributed by atoms with Crippen molar-refractivity contribution >= 4 is 17.5 Å². The molecular formula is C28H23F3N4O3. The molecule has 5 rings (SSSR count). The predicted octanol–water partition coefficient (Wildman–Crippen LogP) is 6.35. The molecule has 0 bridgehead atoms. The van der Waals surface area contributed by atoms with Crippen LogP contribution in [0.25, 0.3) is 22.7 Å². The molecule has 4 aromatic rings. The van der Waals surface area contributed by atoms with Gasteiger partial charge >= 0.3 is 6.18 Å². The number of pyridine rings is 1. The zero-order valence-corrected chi connectivity index (χ0v) is 20.1. The number of benzene rings is 2. The van der Waals surface area contributed by atoms with Crippen LogP contribution in [-0.2, 0) is 6.18 Å². The van der Waals surface area contributed by atoms with Crippen molar-refractivity contribution in [2.24, 2.45) is 0 Å². The highest BCUT2D eigenvalue weighted by Gasteiger charge is 2.42. The number of halogens is 3. The highest BCUT2D eigenvalue weighted by atomic mass is 19.4. The Morgan fingerprint density at radius 3 is 2.21 bits per heavy atom. The van der Waals surface area contributed by atoms with E-state index in [9.17, 15) is 22.8 Å². The van der Waals surface area contributed by atoms with Crippen molar-refractivity contribution in [2.75, 3.05) is 5.32 Å². The lowest BCUT2D eigenvalue weighted by Gasteiger charge is -2.12. The number of carbonyl (C=O) groups excluding carboxylic acids is 2. The van der Waals surface area contributed by atoms with Gasteiger partial charge < -0.3 is 15.1 Å². The first-order valence-corrected chi connectivity index (χ1v) is 12.1. The van der Waals surface area contributed by atoms with E-state index in [2.05, 4.69) is 20.6 Å². The molecule has 1 saturated carbocycles. The van der Waals surface area contributed by atoms with Crippen molar-refractivity contribution in [3.63, 3.8) is 0 Å². The Morgan fingerprint density at radius 1 is 0.868 bits per heavy atom. The molecular weight excluding hydrogens is 497 g/mol. The molecule has 2 N–H and O–H groups in total. The van der Waals surface area contributed by atoms with Gasteiger partial charge in [0.15, 0.2) is 5.69 Å².